The molecule has 3 aromatic rings. The molecular weight excluding hydrogens is 278 g/mol. The normalized spacial score (nSPS) is 10.5. The van der Waals surface area contributed by atoms with Gasteiger partial charge in [0.15, 0.2) is 0 Å². The van der Waals surface area contributed by atoms with Crippen LogP contribution in [-0.2, 0) is 4.79 Å². The molecule has 110 valence electrons. The molecule has 22 heavy (non-hydrogen) atoms. The van der Waals surface area contributed by atoms with Crippen LogP contribution in [0, 0.1) is 0 Å². The monoisotopic (exact) mass is 293 g/mol. The first kappa shape index (κ1) is 14.0. The molecule has 0 radical (unpaired) electrons. The van der Waals surface area contributed by atoms with Crippen molar-refractivity contribution in [2.75, 3.05) is 11.9 Å². The van der Waals surface area contributed by atoms with Crippen LogP contribution in [0.2, 0.25) is 0 Å². The van der Waals surface area contributed by atoms with Gasteiger partial charge >= 0.3 is 0 Å². The molecule has 0 atom stereocenters. The summed E-state index contributed by atoms with van der Waals surface area (Å²) in [7, 11) is 1.72. The van der Waals surface area contributed by atoms with E-state index in [1.165, 1.54) is 6.92 Å². The number of aromatic nitrogens is 2. The smallest absolute Gasteiger partial charge is 0.260 e. The molecule has 3 rings (SSSR count). The van der Waals surface area contributed by atoms with Crippen LogP contribution < -0.4 is 4.90 Å². The molecule has 0 aliphatic carbocycles. The molecule has 0 aliphatic heterocycles. The molecule has 0 aliphatic rings. The number of hydrogen-bond acceptors (Lipinski definition) is 4. The Hall–Kier alpha value is -2.95. The zero-order chi connectivity index (χ0) is 15.5. The standard InChI is InChI=1S/C17H15N3O2/c1-12(21)20(2)15-11-7-6-10-14(15)17-18-16(19-22-17)13-8-4-3-5-9-13/h3-11H,1-2H3. The average Bonchev–Trinajstić information content (AvgIpc) is 3.05. The van der Waals surface area contributed by atoms with Gasteiger partial charge in [-0.05, 0) is 12.1 Å². The Morgan fingerprint density at radius 3 is 2.45 bits per heavy atom. The van der Waals surface area contributed by atoms with E-state index in [9.17, 15) is 4.79 Å². The van der Waals surface area contributed by atoms with Gasteiger partial charge in [0.05, 0.1) is 11.3 Å². The van der Waals surface area contributed by atoms with E-state index in [1.807, 2.05) is 54.6 Å². The van der Waals surface area contributed by atoms with Crippen LogP contribution in [0.3, 0.4) is 0 Å². The van der Waals surface area contributed by atoms with E-state index in [2.05, 4.69) is 10.1 Å². The highest BCUT2D eigenvalue weighted by molar-refractivity contribution is 5.95. The summed E-state index contributed by atoms with van der Waals surface area (Å²) in [6, 6.07) is 17.1. The van der Waals surface area contributed by atoms with Crippen LogP contribution in [0.5, 0.6) is 0 Å². The van der Waals surface area contributed by atoms with Crippen molar-refractivity contribution < 1.29 is 9.32 Å². The minimum atomic E-state index is -0.0600. The van der Waals surface area contributed by atoms with Gasteiger partial charge in [0.1, 0.15) is 0 Å². The van der Waals surface area contributed by atoms with Crippen molar-refractivity contribution in [1.82, 2.24) is 10.1 Å². The molecule has 2 aromatic carbocycles. The molecule has 1 aromatic heterocycles. The molecule has 0 unspecified atom stereocenters. The number of anilines is 1. The Morgan fingerprint density at radius 1 is 1.05 bits per heavy atom. The highest BCUT2D eigenvalue weighted by Crippen LogP contribution is 2.30. The van der Waals surface area contributed by atoms with E-state index in [-0.39, 0.29) is 5.91 Å². The number of benzene rings is 2. The number of nitrogens with zero attached hydrogens (tertiary/aromatic N) is 3. The second kappa shape index (κ2) is 5.81. The van der Waals surface area contributed by atoms with Crippen molar-refractivity contribution in [1.29, 1.82) is 0 Å². The SMILES string of the molecule is CC(=O)N(C)c1ccccc1-c1nc(-c2ccccc2)no1. The van der Waals surface area contributed by atoms with Crippen molar-refractivity contribution in [3.8, 4) is 22.8 Å². The molecule has 0 fully saturated rings. The van der Waals surface area contributed by atoms with Gasteiger partial charge in [0.2, 0.25) is 11.7 Å². The van der Waals surface area contributed by atoms with Crippen molar-refractivity contribution in [2.45, 2.75) is 6.92 Å². The largest absolute Gasteiger partial charge is 0.334 e. The molecule has 0 N–H and O–H groups in total. The fraction of sp³-hybridized carbons (Fsp3) is 0.118. The second-order valence-corrected chi connectivity index (χ2v) is 4.88. The third-order valence-electron chi connectivity index (χ3n) is 3.43. The van der Waals surface area contributed by atoms with Crippen LogP contribution in [-0.4, -0.2) is 23.1 Å². The van der Waals surface area contributed by atoms with Crippen LogP contribution >= 0.6 is 0 Å². The van der Waals surface area contributed by atoms with Crippen molar-refractivity contribution in [3.05, 3.63) is 54.6 Å². The summed E-state index contributed by atoms with van der Waals surface area (Å²) in [5, 5.41) is 4.02. The number of carbonyl (C=O) groups is 1. The van der Waals surface area contributed by atoms with Crippen LogP contribution in [0.25, 0.3) is 22.8 Å². The first-order valence-electron chi connectivity index (χ1n) is 6.89. The van der Waals surface area contributed by atoms with Gasteiger partial charge in [-0.2, -0.15) is 4.98 Å². The van der Waals surface area contributed by atoms with Crippen molar-refractivity contribution in [2.24, 2.45) is 0 Å². The summed E-state index contributed by atoms with van der Waals surface area (Å²) < 4.78 is 5.38. The predicted octanol–water partition coefficient (Wildman–Crippen LogP) is 3.39. The molecule has 1 amide bonds. The lowest BCUT2D eigenvalue weighted by molar-refractivity contribution is -0.116. The minimum absolute atomic E-state index is 0.0600. The van der Waals surface area contributed by atoms with Gasteiger partial charge in [0, 0.05) is 19.5 Å². The summed E-state index contributed by atoms with van der Waals surface area (Å²) >= 11 is 0. The zero-order valence-electron chi connectivity index (χ0n) is 12.4. The lowest BCUT2D eigenvalue weighted by atomic mass is 10.1. The summed E-state index contributed by atoms with van der Waals surface area (Å²) in [6.45, 7) is 1.51. The molecule has 5 nitrogen and oxygen atoms in total. The minimum Gasteiger partial charge on any atom is -0.334 e. The fourth-order valence-electron chi connectivity index (χ4n) is 2.15. The predicted molar refractivity (Wildman–Crippen MR) is 84.3 cm³/mol. The number of rotatable bonds is 3. The van der Waals surface area contributed by atoms with Gasteiger partial charge in [-0.15, -0.1) is 0 Å². The quantitative estimate of drug-likeness (QED) is 0.742. The molecule has 0 saturated carbocycles. The number of amides is 1. The number of hydrogen-bond donors (Lipinski definition) is 0. The topological polar surface area (TPSA) is 59.2 Å². The van der Waals surface area contributed by atoms with Crippen LogP contribution in [0.15, 0.2) is 59.1 Å². The Morgan fingerprint density at radius 2 is 1.73 bits per heavy atom. The Labute approximate surface area is 128 Å². The lowest BCUT2D eigenvalue weighted by Gasteiger charge is -2.17. The molecule has 0 bridgehead atoms. The highest BCUT2D eigenvalue weighted by Gasteiger charge is 2.17. The molecule has 0 saturated heterocycles. The van der Waals surface area contributed by atoms with Crippen LogP contribution in [0.1, 0.15) is 6.92 Å². The molecule has 0 spiro atoms. The Balaban J connectivity index is 2.03. The third kappa shape index (κ3) is 2.61. The third-order valence-corrected chi connectivity index (χ3v) is 3.43. The Bertz CT molecular complexity index is 796. The zero-order valence-corrected chi connectivity index (χ0v) is 12.4. The first-order chi connectivity index (χ1) is 10.7. The average molecular weight is 293 g/mol. The maximum atomic E-state index is 11.6. The first-order valence-corrected chi connectivity index (χ1v) is 6.89. The lowest BCUT2D eigenvalue weighted by Crippen LogP contribution is -2.23. The molecule has 5 heteroatoms. The number of para-hydroxylation sites is 1. The fourth-order valence-corrected chi connectivity index (χ4v) is 2.15. The summed E-state index contributed by atoms with van der Waals surface area (Å²) in [6.07, 6.45) is 0. The van der Waals surface area contributed by atoms with E-state index < -0.39 is 0 Å². The van der Waals surface area contributed by atoms with E-state index in [1.54, 1.807) is 11.9 Å². The van der Waals surface area contributed by atoms with Crippen LogP contribution in [0.4, 0.5) is 5.69 Å². The Kier molecular flexibility index (Phi) is 3.70. The summed E-state index contributed by atoms with van der Waals surface area (Å²) in [5.74, 6) is 0.855. The molecule has 1 heterocycles. The maximum absolute atomic E-state index is 11.6. The second-order valence-electron chi connectivity index (χ2n) is 4.88. The van der Waals surface area contributed by atoms with Gasteiger partial charge < -0.3 is 9.42 Å². The van der Waals surface area contributed by atoms with Gasteiger partial charge in [-0.1, -0.05) is 47.6 Å². The van der Waals surface area contributed by atoms with Crippen molar-refractivity contribution in [3.63, 3.8) is 0 Å². The highest BCUT2D eigenvalue weighted by atomic mass is 16.5. The van der Waals surface area contributed by atoms with E-state index in [0.717, 1.165) is 16.8 Å². The van der Waals surface area contributed by atoms with E-state index in [0.29, 0.717) is 11.7 Å². The maximum Gasteiger partial charge on any atom is 0.260 e. The van der Waals surface area contributed by atoms with E-state index in [4.69, 9.17) is 4.52 Å². The summed E-state index contributed by atoms with van der Waals surface area (Å²) in [4.78, 5) is 17.6. The van der Waals surface area contributed by atoms with Gasteiger partial charge in [-0.3, -0.25) is 4.79 Å². The van der Waals surface area contributed by atoms with Gasteiger partial charge in [0.25, 0.3) is 5.89 Å². The number of carbonyl (C=O) groups excluding carboxylic acids is 1. The van der Waals surface area contributed by atoms with Crippen molar-refractivity contribution >= 4 is 11.6 Å². The molecular formula is C17H15N3O2. The van der Waals surface area contributed by atoms with E-state index >= 15 is 0 Å². The van der Waals surface area contributed by atoms with Gasteiger partial charge in [-0.25, -0.2) is 0 Å². The summed E-state index contributed by atoms with van der Waals surface area (Å²) in [5.41, 5.74) is 2.35.